The molecule has 0 aliphatic heterocycles. The van der Waals surface area contributed by atoms with Crippen LogP contribution in [0.2, 0.25) is 0 Å². The van der Waals surface area contributed by atoms with Crippen molar-refractivity contribution in [2.75, 3.05) is 0 Å². The van der Waals surface area contributed by atoms with Gasteiger partial charge in [0, 0.05) is 6.07 Å². The van der Waals surface area contributed by atoms with Gasteiger partial charge in [0.2, 0.25) is 18.0 Å². The van der Waals surface area contributed by atoms with Crippen molar-refractivity contribution in [2.45, 2.75) is 0 Å². The van der Waals surface area contributed by atoms with E-state index in [4.69, 9.17) is 4.52 Å². The Bertz CT molecular complexity index is 254. The zero-order valence-corrected chi connectivity index (χ0v) is 4.89. The molecule has 10 heavy (non-hydrogen) atoms. The summed E-state index contributed by atoms with van der Waals surface area (Å²) >= 11 is 0. The Morgan fingerprint density at radius 3 is 3.00 bits per heavy atom. The highest BCUT2D eigenvalue weighted by molar-refractivity contribution is 5.42. The van der Waals surface area contributed by atoms with Crippen molar-refractivity contribution in [3.8, 4) is 11.6 Å². The summed E-state index contributed by atoms with van der Waals surface area (Å²) in [4.78, 5) is 3.75. The second kappa shape index (κ2) is 1.94. The average molecular weight is 137 g/mol. The average Bonchev–Trinajstić information content (AvgIpc) is 2.59. The number of rotatable bonds is 1. The molecule has 0 unspecified atom stereocenters. The Kier molecular flexibility index (Phi) is 1.00. The quantitative estimate of drug-likeness (QED) is 0.579. The van der Waals surface area contributed by atoms with E-state index in [-0.39, 0.29) is 0 Å². The van der Waals surface area contributed by atoms with Gasteiger partial charge < -0.3 is 9.05 Å². The summed E-state index contributed by atoms with van der Waals surface area (Å²) in [6.45, 7) is 0. The summed E-state index contributed by atoms with van der Waals surface area (Å²) in [6.07, 6.45) is 2.75. The van der Waals surface area contributed by atoms with Gasteiger partial charge in [-0.15, -0.1) is 0 Å². The van der Waals surface area contributed by atoms with Gasteiger partial charge in [-0.25, -0.2) is 0 Å². The maximum atomic E-state index is 4.74. The molecule has 5 nitrogen and oxygen atoms in total. The lowest BCUT2D eigenvalue weighted by atomic mass is 10.4. The van der Waals surface area contributed by atoms with E-state index >= 15 is 0 Å². The van der Waals surface area contributed by atoms with Gasteiger partial charge in [0.1, 0.15) is 0 Å². The van der Waals surface area contributed by atoms with Crippen molar-refractivity contribution in [1.29, 1.82) is 0 Å². The Hall–Kier alpha value is -1.65. The van der Waals surface area contributed by atoms with Crippen molar-refractivity contribution in [1.82, 2.24) is 15.3 Å². The third-order valence-corrected chi connectivity index (χ3v) is 1.02. The van der Waals surface area contributed by atoms with Gasteiger partial charge in [0.15, 0.2) is 0 Å². The van der Waals surface area contributed by atoms with Gasteiger partial charge in [-0.2, -0.15) is 4.98 Å². The van der Waals surface area contributed by atoms with Crippen LogP contribution < -0.4 is 0 Å². The first-order valence-corrected chi connectivity index (χ1v) is 2.64. The van der Waals surface area contributed by atoms with Gasteiger partial charge in [-0.3, -0.25) is 0 Å². The van der Waals surface area contributed by atoms with Gasteiger partial charge in [-0.1, -0.05) is 10.3 Å². The normalized spacial score (nSPS) is 10.0. The highest BCUT2D eigenvalue weighted by atomic mass is 16.5. The predicted octanol–water partition coefficient (Wildman–Crippen LogP) is 0.725. The molecule has 2 heterocycles. The fourth-order valence-electron chi connectivity index (χ4n) is 0.610. The molecule has 0 radical (unpaired) electrons. The minimum Gasteiger partial charge on any atom is -0.353 e. The van der Waals surface area contributed by atoms with Gasteiger partial charge in [-0.05, 0) is 0 Å². The van der Waals surface area contributed by atoms with Crippen molar-refractivity contribution in [3.63, 3.8) is 0 Å². The molecule has 0 fully saturated rings. The lowest BCUT2D eigenvalue weighted by Crippen LogP contribution is -1.73. The maximum absolute atomic E-state index is 4.74. The topological polar surface area (TPSA) is 65.0 Å². The number of nitrogens with zero attached hydrogens (tertiary/aromatic N) is 3. The van der Waals surface area contributed by atoms with Crippen LogP contribution in [0.5, 0.6) is 0 Å². The second-order valence-electron chi connectivity index (χ2n) is 1.63. The minimum absolute atomic E-state index is 0.414. The van der Waals surface area contributed by atoms with Crippen molar-refractivity contribution < 1.29 is 9.05 Å². The first-order valence-electron chi connectivity index (χ1n) is 2.64. The van der Waals surface area contributed by atoms with Crippen LogP contribution in [0.4, 0.5) is 0 Å². The van der Waals surface area contributed by atoms with Crippen molar-refractivity contribution in [2.24, 2.45) is 0 Å². The third-order valence-electron chi connectivity index (χ3n) is 1.02. The molecule has 0 spiro atoms. The highest BCUT2D eigenvalue weighted by Crippen LogP contribution is 2.11. The third kappa shape index (κ3) is 0.680. The Morgan fingerprint density at radius 1 is 1.40 bits per heavy atom. The fourth-order valence-corrected chi connectivity index (χ4v) is 0.610. The van der Waals surface area contributed by atoms with E-state index in [0.717, 1.165) is 0 Å². The molecular weight excluding hydrogens is 134 g/mol. The number of hydrogen-bond donors (Lipinski definition) is 0. The fraction of sp³-hybridized carbons (Fsp3) is 0. The second-order valence-corrected chi connectivity index (χ2v) is 1.63. The molecular formula is C5H3N3O2. The largest absolute Gasteiger partial charge is 0.353 e. The summed E-state index contributed by atoms with van der Waals surface area (Å²) in [5, 5.41) is 7.02. The van der Waals surface area contributed by atoms with E-state index in [1.807, 2.05) is 0 Å². The molecule has 0 aliphatic rings. The lowest BCUT2D eigenvalue weighted by molar-refractivity contribution is 0.405. The summed E-state index contributed by atoms with van der Waals surface area (Å²) < 4.78 is 9.23. The Morgan fingerprint density at radius 2 is 2.40 bits per heavy atom. The molecule has 5 heteroatoms. The minimum atomic E-state index is 0.414. The van der Waals surface area contributed by atoms with E-state index < -0.39 is 0 Å². The Labute approximate surface area is 55.6 Å². The van der Waals surface area contributed by atoms with Crippen LogP contribution in [0, 0.1) is 0 Å². The first-order chi connectivity index (χ1) is 4.97. The summed E-state index contributed by atoms with van der Waals surface area (Å²) in [6, 6.07) is 1.66. The molecule has 0 amide bonds. The van der Waals surface area contributed by atoms with E-state index in [2.05, 4.69) is 19.8 Å². The molecule has 0 atom stereocenters. The summed E-state index contributed by atoms with van der Waals surface area (Å²) in [5.74, 6) is 0.922. The molecule has 50 valence electrons. The highest BCUT2D eigenvalue weighted by Gasteiger charge is 2.04. The smallest absolute Gasteiger partial charge is 0.240 e. The van der Waals surface area contributed by atoms with E-state index in [0.29, 0.717) is 11.6 Å². The molecule has 0 N–H and O–H groups in total. The maximum Gasteiger partial charge on any atom is 0.240 e. The van der Waals surface area contributed by atoms with E-state index in [1.54, 1.807) is 6.07 Å². The number of aromatic nitrogens is 3. The van der Waals surface area contributed by atoms with Crippen LogP contribution in [0.25, 0.3) is 11.6 Å². The van der Waals surface area contributed by atoms with E-state index in [1.165, 1.54) is 12.6 Å². The molecule has 2 rings (SSSR count). The van der Waals surface area contributed by atoms with Gasteiger partial charge in [0.05, 0.1) is 6.20 Å². The number of hydrogen-bond acceptors (Lipinski definition) is 5. The standard InChI is InChI=1S/C5H3N3O2/c1-2-7-10-4(1)5-6-3-9-8-5/h1-3H. The molecule has 2 aromatic heterocycles. The van der Waals surface area contributed by atoms with Crippen LogP contribution in [-0.4, -0.2) is 15.3 Å². The summed E-state index contributed by atoms with van der Waals surface area (Å²) in [5.41, 5.74) is 0. The summed E-state index contributed by atoms with van der Waals surface area (Å²) in [7, 11) is 0. The molecule has 0 bridgehead atoms. The molecule has 0 saturated carbocycles. The van der Waals surface area contributed by atoms with Crippen LogP contribution in [0.1, 0.15) is 0 Å². The zero-order valence-electron chi connectivity index (χ0n) is 4.89. The predicted molar refractivity (Wildman–Crippen MR) is 29.8 cm³/mol. The van der Waals surface area contributed by atoms with Crippen LogP contribution >= 0.6 is 0 Å². The van der Waals surface area contributed by atoms with Crippen molar-refractivity contribution in [3.05, 3.63) is 18.7 Å². The monoisotopic (exact) mass is 137 g/mol. The molecule has 0 aromatic carbocycles. The van der Waals surface area contributed by atoms with Crippen molar-refractivity contribution >= 4 is 0 Å². The Balaban J connectivity index is 2.48. The lowest BCUT2D eigenvalue weighted by Gasteiger charge is -1.77. The zero-order chi connectivity index (χ0) is 6.81. The van der Waals surface area contributed by atoms with Crippen LogP contribution in [0.3, 0.4) is 0 Å². The first kappa shape index (κ1) is 5.16. The van der Waals surface area contributed by atoms with Gasteiger partial charge >= 0.3 is 0 Å². The van der Waals surface area contributed by atoms with E-state index in [9.17, 15) is 0 Å². The van der Waals surface area contributed by atoms with Crippen LogP contribution in [-0.2, 0) is 0 Å². The molecule has 0 aliphatic carbocycles. The molecule has 0 saturated heterocycles. The van der Waals surface area contributed by atoms with Crippen LogP contribution in [0.15, 0.2) is 27.7 Å². The molecule has 2 aromatic rings. The SMILES string of the molecule is c1cc(-c2ncon2)on1. The van der Waals surface area contributed by atoms with Gasteiger partial charge in [0.25, 0.3) is 0 Å².